The molecule has 0 radical (unpaired) electrons. The smallest absolute Gasteiger partial charge is 0.322 e. The molecule has 2 N–H and O–H groups in total. The Morgan fingerprint density at radius 2 is 2.09 bits per heavy atom. The highest BCUT2D eigenvalue weighted by molar-refractivity contribution is 6.03. The van der Waals surface area contributed by atoms with Crippen molar-refractivity contribution in [2.75, 3.05) is 19.6 Å². The van der Waals surface area contributed by atoms with Gasteiger partial charge in [0.25, 0.3) is 5.91 Å². The van der Waals surface area contributed by atoms with E-state index in [1.807, 2.05) is 44.2 Å². The van der Waals surface area contributed by atoms with E-state index in [-0.39, 0.29) is 44.0 Å². The highest BCUT2D eigenvalue weighted by atomic mass is 16.2. The average molecular weight is 446 g/mol. The summed E-state index contributed by atoms with van der Waals surface area (Å²) in [6.07, 6.45) is 3.28. The Balaban J connectivity index is 1.57. The Morgan fingerprint density at radius 1 is 1.27 bits per heavy atom. The van der Waals surface area contributed by atoms with E-state index < -0.39 is 6.04 Å². The van der Waals surface area contributed by atoms with Gasteiger partial charge in [-0.3, -0.25) is 19.5 Å². The highest BCUT2D eigenvalue weighted by Crippen LogP contribution is 2.37. The van der Waals surface area contributed by atoms with Crippen LogP contribution >= 0.6 is 0 Å². The Hall–Kier alpha value is -3.94. The number of nitrogens with zero attached hydrogens (tertiary/aromatic N) is 3. The summed E-state index contributed by atoms with van der Waals surface area (Å²) >= 11 is 0. The second kappa shape index (κ2) is 9.28. The van der Waals surface area contributed by atoms with Gasteiger partial charge in [0, 0.05) is 12.7 Å². The van der Waals surface area contributed by atoms with Gasteiger partial charge in [-0.25, -0.2) is 4.79 Å². The minimum Gasteiger partial charge on any atom is -0.349 e. The molecule has 33 heavy (non-hydrogen) atoms. The molecule has 0 spiro atoms. The molecule has 4 amide bonds. The van der Waals surface area contributed by atoms with E-state index in [0.29, 0.717) is 11.3 Å². The van der Waals surface area contributed by atoms with Crippen molar-refractivity contribution in [1.29, 1.82) is 0 Å². The second-order valence-corrected chi connectivity index (χ2v) is 8.26. The van der Waals surface area contributed by atoms with Crippen molar-refractivity contribution in [2.24, 2.45) is 0 Å². The van der Waals surface area contributed by atoms with Crippen molar-refractivity contribution in [3.63, 3.8) is 0 Å². The number of hydrogen-bond acceptors (Lipinski definition) is 4. The lowest BCUT2D eigenvalue weighted by atomic mass is 9.91. The molecule has 2 aliphatic rings. The third-order valence-electron chi connectivity index (χ3n) is 5.87. The molecular weight excluding hydrogens is 418 g/mol. The molecule has 3 heterocycles. The molecule has 0 bridgehead atoms. The molecule has 8 heteroatoms. The van der Waals surface area contributed by atoms with Crippen LogP contribution in [-0.4, -0.2) is 52.3 Å². The van der Waals surface area contributed by atoms with Gasteiger partial charge in [0.15, 0.2) is 0 Å². The number of rotatable bonds is 7. The monoisotopic (exact) mass is 445 g/mol. The molecule has 1 aromatic carbocycles. The number of aryl methyl sites for hydroxylation is 2. The minimum atomic E-state index is -0.566. The Kier molecular flexibility index (Phi) is 6.26. The number of aromatic nitrogens is 1. The number of carbonyl (C=O) groups is 3. The van der Waals surface area contributed by atoms with E-state index in [9.17, 15) is 14.4 Å². The third kappa shape index (κ3) is 4.50. The van der Waals surface area contributed by atoms with E-state index in [0.717, 1.165) is 22.4 Å². The molecule has 2 aromatic rings. The molecule has 0 saturated heterocycles. The zero-order chi connectivity index (χ0) is 23.5. The summed E-state index contributed by atoms with van der Waals surface area (Å²) in [5, 5.41) is 5.78. The molecule has 0 unspecified atom stereocenters. The van der Waals surface area contributed by atoms with Gasteiger partial charge in [-0.2, -0.15) is 0 Å². The Labute approximate surface area is 193 Å². The van der Waals surface area contributed by atoms with Crippen LogP contribution < -0.4 is 10.6 Å². The van der Waals surface area contributed by atoms with Gasteiger partial charge < -0.3 is 15.5 Å². The summed E-state index contributed by atoms with van der Waals surface area (Å²) in [5.74, 6) is -0.538. The van der Waals surface area contributed by atoms with Crippen molar-refractivity contribution in [3.05, 3.63) is 88.9 Å². The number of pyridine rings is 1. The molecule has 2 aliphatic heterocycles. The maximum absolute atomic E-state index is 13.4. The van der Waals surface area contributed by atoms with E-state index in [4.69, 9.17) is 0 Å². The molecule has 0 saturated carbocycles. The maximum atomic E-state index is 13.4. The molecule has 0 fully saturated rings. The SMILES string of the molecule is C=CCN1C(=O)N[C@@H](c2ccc(C)cc2C)C2=C1CN(CC(=O)NCc1ccccn1)C2=O. The lowest BCUT2D eigenvalue weighted by Gasteiger charge is -2.33. The first-order chi connectivity index (χ1) is 15.9. The summed E-state index contributed by atoms with van der Waals surface area (Å²) < 4.78 is 0. The Morgan fingerprint density at radius 3 is 2.79 bits per heavy atom. The number of carbonyl (C=O) groups excluding carboxylic acids is 3. The molecule has 4 rings (SSSR count). The molecule has 0 aliphatic carbocycles. The molecule has 1 atom stereocenters. The van der Waals surface area contributed by atoms with E-state index in [2.05, 4.69) is 22.2 Å². The normalized spacial score (nSPS) is 17.7. The summed E-state index contributed by atoms with van der Waals surface area (Å²) in [5.41, 5.74) is 4.81. The molecule has 170 valence electrons. The van der Waals surface area contributed by atoms with Gasteiger partial charge in [0.1, 0.15) is 6.54 Å². The second-order valence-electron chi connectivity index (χ2n) is 8.26. The first-order valence-electron chi connectivity index (χ1n) is 10.8. The summed E-state index contributed by atoms with van der Waals surface area (Å²) in [7, 11) is 0. The predicted molar refractivity (Wildman–Crippen MR) is 124 cm³/mol. The lowest BCUT2D eigenvalue weighted by molar-refractivity contribution is -0.132. The number of urea groups is 1. The van der Waals surface area contributed by atoms with Gasteiger partial charge in [0.05, 0.1) is 36.1 Å². The largest absolute Gasteiger partial charge is 0.349 e. The van der Waals surface area contributed by atoms with Crippen molar-refractivity contribution in [1.82, 2.24) is 25.4 Å². The van der Waals surface area contributed by atoms with Crippen molar-refractivity contribution in [3.8, 4) is 0 Å². The average Bonchev–Trinajstić information content (AvgIpc) is 3.11. The van der Waals surface area contributed by atoms with Crippen molar-refractivity contribution in [2.45, 2.75) is 26.4 Å². The van der Waals surface area contributed by atoms with Crippen LogP contribution in [0.2, 0.25) is 0 Å². The van der Waals surface area contributed by atoms with Crippen LogP contribution in [0.3, 0.4) is 0 Å². The minimum absolute atomic E-state index is 0.103. The van der Waals surface area contributed by atoms with E-state index in [1.54, 1.807) is 18.3 Å². The van der Waals surface area contributed by atoms with Gasteiger partial charge in [0.2, 0.25) is 5.91 Å². The molecule has 8 nitrogen and oxygen atoms in total. The van der Waals surface area contributed by atoms with Crippen LogP contribution in [0.15, 0.2) is 66.5 Å². The fourth-order valence-corrected chi connectivity index (χ4v) is 4.30. The number of nitrogens with one attached hydrogen (secondary N) is 2. The van der Waals surface area contributed by atoms with Gasteiger partial charge in [-0.15, -0.1) is 6.58 Å². The van der Waals surface area contributed by atoms with E-state index >= 15 is 0 Å². The first-order valence-corrected chi connectivity index (χ1v) is 10.8. The fraction of sp³-hybridized carbons (Fsp3) is 0.280. The van der Waals surface area contributed by atoms with Crippen LogP contribution in [-0.2, 0) is 16.1 Å². The Bertz CT molecular complexity index is 1140. The van der Waals surface area contributed by atoms with Crippen LogP contribution in [0, 0.1) is 13.8 Å². The van der Waals surface area contributed by atoms with Gasteiger partial charge in [-0.05, 0) is 37.1 Å². The van der Waals surface area contributed by atoms with Gasteiger partial charge in [-0.1, -0.05) is 35.9 Å². The van der Waals surface area contributed by atoms with Crippen molar-refractivity contribution < 1.29 is 14.4 Å². The van der Waals surface area contributed by atoms with Crippen LogP contribution in [0.4, 0.5) is 4.79 Å². The predicted octanol–water partition coefficient (Wildman–Crippen LogP) is 2.36. The van der Waals surface area contributed by atoms with Crippen molar-refractivity contribution >= 4 is 17.8 Å². The zero-order valence-electron chi connectivity index (χ0n) is 18.8. The molecular formula is C25H27N5O3. The lowest BCUT2D eigenvalue weighted by Crippen LogP contribution is -2.47. The zero-order valence-corrected chi connectivity index (χ0v) is 18.8. The topological polar surface area (TPSA) is 94.6 Å². The third-order valence-corrected chi connectivity index (χ3v) is 5.87. The van der Waals surface area contributed by atoms with Crippen LogP contribution in [0.25, 0.3) is 0 Å². The van der Waals surface area contributed by atoms with Crippen LogP contribution in [0.5, 0.6) is 0 Å². The fourth-order valence-electron chi connectivity index (χ4n) is 4.30. The maximum Gasteiger partial charge on any atom is 0.322 e. The number of hydrogen-bond donors (Lipinski definition) is 2. The highest BCUT2D eigenvalue weighted by Gasteiger charge is 2.44. The number of benzene rings is 1. The van der Waals surface area contributed by atoms with Gasteiger partial charge >= 0.3 is 6.03 Å². The summed E-state index contributed by atoms with van der Waals surface area (Å²) in [6, 6.07) is 10.6. The molecule has 1 aromatic heterocycles. The van der Waals surface area contributed by atoms with E-state index in [1.165, 1.54) is 9.80 Å². The summed E-state index contributed by atoms with van der Waals surface area (Å²) in [4.78, 5) is 46.1. The standard InChI is InChI=1S/C25H27N5O3/c1-4-11-30-20-14-29(15-21(31)27-13-18-7-5-6-10-26-18)24(32)22(20)23(28-25(30)33)19-9-8-16(2)12-17(19)3/h4-10,12,23H,1,11,13-15H2,2-3H3,(H,27,31)(H,28,33)/t23-/m0/s1. The number of amides is 4. The quantitative estimate of drug-likeness (QED) is 0.640. The van der Waals surface area contributed by atoms with Crippen LogP contribution in [0.1, 0.15) is 28.4 Å². The summed E-state index contributed by atoms with van der Waals surface area (Å²) in [6.45, 7) is 8.34. The first kappa shape index (κ1) is 22.3.